The highest BCUT2D eigenvalue weighted by Crippen LogP contribution is 2.25. The van der Waals surface area contributed by atoms with E-state index in [4.69, 9.17) is 29.7 Å². The number of phosphoric acid groups is 1. The third-order valence-corrected chi connectivity index (χ3v) is 4.53. The standard InChI is InChI=1S/C20H40FNO2.H3O4P/c1-2-3-4-5-6-7-8-9-10-11-12-13-14-15-20(23)19(22)18-24-17-16-21;1-5(2,3)4/h16-17,19-20,23H,2-15,18,22H2,1H3;(H3,1,2,3,4). The quantitative estimate of drug-likeness (QED) is 0.118. The van der Waals surface area contributed by atoms with Gasteiger partial charge in [-0.05, 0) is 6.42 Å². The Bertz CT molecular complexity index is 400. The first-order chi connectivity index (χ1) is 13.7. The van der Waals surface area contributed by atoms with Gasteiger partial charge in [-0.15, -0.1) is 0 Å². The fourth-order valence-corrected chi connectivity index (χ4v) is 2.90. The summed E-state index contributed by atoms with van der Waals surface area (Å²) in [5.41, 5.74) is 5.77. The highest BCUT2D eigenvalue weighted by molar-refractivity contribution is 7.45. The summed E-state index contributed by atoms with van der Waals surface area (Å²) in [5, 5.41) is 9.87. The maximum absolute atomic E-state index is 11.7. The number of unbranched alkanes of at least 4 members (excludes halogenated alkanes) is 12. The number of aliphatic hydroxyl groups excluding tert-OH is 1. The number of nitrogens with two attached hydrogens (primary N) is 1. The lowest BCUT2D eigenvalue weighted by Crippen LogP contribution is -2.38. The van der Waals surface area contributed by atoms with Gasteiger partial charge in [0, 0.05) is 0 Å². The van der Waals surface area contributed by atoms with Crippen LogP contribution in [0.5, 0.6) is 0 Å². The second-order valence-corrected chi connectivity index (χ2v) is 8.40. The molecule has 0 aliphatic heterocycles. The molecule has 29 heavy (non-hydrogen) atoms. The Balaban J connectivity index is 0. The van der Waals surface area contributed by atoms with Gasteiger partial charge < -0.3 is 30.3 Å². The van der Waals surface area contributed by atoms with Gasteiger partial charge in [0.05, 0.1) is 12.1 Å². The maximum Gasteiger partial charge on any atom is 0.466 e. The summed E-state index contributed by atoms with van der Waals surface area (Å²) < 4.78 is 25.4. The minimum absolute atomic E-state index is 0.153. The van der Waals surface area contributed by atoms with Gasteiger partial charge in [0.1, 0.15) is 19.2 Å². The molecule has 0 saturated carbocycles. The van der Waals surface area contributed by atoms with Crippen molar-refractivity contribution in [3.63, 3.8) is 0 Å². The molecular formula is C20H43FNO6P. The summed E-state index contributed by atoms with van der Waals surface area (Å²) in [4.78, 5) is 21.6. The van der Waals surface area contributed by atoms with Crippen molar-refractivity contribution in [2.45, 2.75) is 109 Å². The van der Waals surface area contributed by atoms with Crippen molar-refractivity contribution >= 4 is 7.82 Å². The summed E-state index contributed by atoms with van der Waals surface area (Å²) in [7, 11) is -4.64. The van der Waals surface area contributed by atoms with E-state index in [-0.39, 0.29) is 6.61 Å². The fourth-order valence-electron chi connectivity index (χ4n) is 2.90. The van der Waals surface area contributed by atoms with E-state index >= 15 is 0 Å². The Morgan fingerprint density at radius 2 is 1.28 bits per heavy atom. The summed E-state index contributed by atoms with van der Waals surface area (Å²) in [6.07, 6.45) is 18.5. The van der Waals surface area contributed by atoms with Crippen molar-refractivity contribution in [3.05, 3.63) is 12.6 Å². The molecule has 0 radical (unpaired) electrons. The molecule has 0 aliphatic carbocycles. The molecule has 6 N–H and O–H groups in total. The van der Waals surface area contributed by atoms with Crippen molar-refractivity contribution in [2.24, 2.45) is 5.73 Å². The summed E-state index contributed by atoms with van der Waals surface area (Å²) in [6, 6.07) is -0.446. The molecular weight excluding hydrogens is 400 g/mol. The minimum Gasteiger partial charge on any atom is -0.497 e. The predicted molar refractivity (Wildman–Crippen MR) is 115 cm³/mol. The van der Waals surface area contributed by atoms with E-state index in [1.807, 2.05) is 0 Å². The van der Waals surface area contributed by atoms with Gasteiger partial charge in [-0.3, -0.25) is 0 Å². The largest absolute Gasteiger partial charge is 0.497 e. The molecule has 0 rings (SSSR count). The third-order valence-electron chi connectivity index (χ3n) is 4.53. The third kappa shape index (κ3) is 32.4. The zero-order valence-electron chi connectivity index (χ0n) is 17.9. The second kappa shape index (κ2) is 22.2. The first-order valence-corrected chi connectivity index (χ1v) is 12.4. The fraction of sp³-hybridized carbons (Fsp3) is 0.900. The van der Waals surface area contributed by atoms with Gasteiger partial charge in [-0.25, -0.2) is 8.96 Å². The summed E-state index contributed by atoms with van der Waals surface area (Å²) in [5.74, 6) is 0. The van der Waals surface area contributed by atoms with Gasteiger partial charge in [-0.1, -0.05) is 90.4 Å². The molecule has 0 fully saturated rings. The summed E-state index contributed by atoms with van der Waals surface area (Å²) >= 11 is 0. The molecule has 0 aromatic rings. The lowest BCUT2D eigenvalue weighted by molar-refractivity contribution is 0.0919. The average Bonchev–Trinajstić information content (AvgIpc) is 2.64. The van der Waals surface area contributed by atoms with Crippen LogP contribution in [-0.2, 0) is 9.30 Å². The molecule has 0 aromatic heterocycles. The molecule has 0 bridgehead atoms. The molecule has 0 aromatic carbocycles. The molecule has 0 heterocycles. The van der Waals surface area contributed by atoms with Crippen LogP contribution in [0.3, 0.4) is 0 Å². The van der Waals surface area contributed by atoms with Crippen LogP contribution in [0.2, 0.25) is 0 Å². The Morgan fingerprint density at radius 3 is 1.66 bits per heavy atom. The van der Waals surface area contributed by atoms with Crippen LogP contribution in [0.4, 0.5) is 4.39 Å². The van der Waals surface area contributed by atoms with Gasteiger partial charge in [-0.2, -0.15) is 0 Å². The average molecular weight is 444 g/mol. The van der Waals surface area contributed by atoms with Crippen molar-refractivity contribution in [1.29, 1.82) is 0 Å². The van der Waals surface area contributed by atoms with E-state index in [0.29, 0.717) is 12.8 Å². The van der Waals surface area contributed by atoms with Crippen molar-refractivity contribution < 1.29 is 33.5 Å². The van der Waals surface area contributed by atoms with Gasteiger partial charge in [0.2, 0.25) is 0 Å². The zero-order valence-corrected chi connectivity index (χ0v) is 18.8. The molecule has 2 unspecified atom stereocenters. The van der Waals surface area contributed by atoms with E-state index in [1.165, 1.54) is 70.6 Å². The summed E-state index contributed by atoms with van der Waals surface area (Å²) in [6.45, 7) is 2.41. The molecule has 0 spiro atoms. The van der Waals surface area contributed by atoms with Crippen LogP contribution in [-0.4, -0.2) is 38.5 Å². The highest BCUT2D eigenvalue weighted by atomic mass is 31.2. The lowest BCUT2D eigenvalue weighted by Gasteiger charge is -2.17. The SMILES string of the molecule is CCCCCCCCCCCCCCCC(O)C(N)COC=CF.O=P(O)(O)O. The Labute approximate surface area is 175 Å². The smallest absolute Gasteiger partial charge is 0.466 e. The number of rotatable bonds is 18. The maximum atomic E-state index is 11.7. The number of aliphatic hydroxyl groups is 1. The van der Waals surface area contributed by atoms with Gasteiger partial charge in [0.15, 0.2) is 0 Å². The van der Waals surface area contributed by atoms with E-state index in [0.717, 1.165) is 19.1 Å². The van der Waals surface area contributed by atoms with Crippen LogP contribution in [0, 0.1) is 0 Å². The van der Waals surface area contributed by atoms with Crippen LogP contribution in [0.1, 0.15) is 96.8 Å². The van der Waals surface area contributed by atoms with Crippen LogP contribution in [0.25, 0.3) is 0 Å². The molecule has 2 atom stereocenters. The Morgan fingerprint density at radius 1 is 0.897 bits per heavy atom. The van der Waals surface area contributed by atoms with Crippen molar-refractivity contribution in [3.8, 4) is 0 Å². The lowest BCUT2D eigenvalue weighted by atomic mass is 10.0. The highest BCUT2D eigenvalue weighted by Gasteiger charge is 2.14. The first kappa shape index (κ1) is 30.7. The molecule has 0 aliphatic rings. The normalized spacial score (nSPS) is 13.8. The van der Waals surface area contributed by atoms with Gasteiger partial charge >= 0.3 is 7.82 Å². The topological polar surface area (TPSA) is 133 Å². The zero-order chi connectivity index (χ0) is 22.4. The molecule has 9 heteroatoms. The van der Waals surface area contributed by atoms with E-state index in [9.17, 15) is 9.50 Å². The second-order valence-electron chi connectivity index (χ2n) is 7.37. The first-order valence-electron chi connectivity index (χ1n) is 10.8. The molecule has 176 valence electrons. The number of halogens is 1. The van der Waals surface area contributed by atoms with E-state index < -0.39 is 20.0 Å². The van der Waals surface area contributed by atoms with Crippen LogP contribution >= 0.6 is 7.82 Å². The number of ether oxygens (including phenoxy) is 1. The molecule has 7 nitrogen and oxygen atoms in total. The Kier molecular flexibility index (Phi) is 23.5. The number of hydrogen-bond donors (Lipinski definition) is 5. The van der Waals surface area contributed by atoms with Crippen LogP contribution < -0.4 is 5.73 Å². The predicted octanol–water partition coefficient (Wildman–Crippen LogP) is 4.68. The van der Waals surface area contributed by atoms with E-state index in [1.54, 1.807) is 0 Å². The van der Waals surface area contributed by atoms with Crippen LogP contribution in [0.15, 0.2) is 12.6 Å². The van der Waals surface area contributed by atoms with Crippen molar-refractivity contribution in [1.82, 2.24) is 0 Å². The van der Waals surface area contributed by atoms with E-state index in [2.05, 4.69) is 6.92 Å². The number of hydrogen-bond acceptors (Lipinski definition) is 4. The van der Waals surface area contributed by atoms with Gasteiger partial charge in [0.25, 0.3) is 0 Å². The molecule has 0 amide bonds. The Hall–Kier alpha value is -0.500. The van der Waals surface area contributed by atoms with Crippen molar-refractivity contribution in [2.75, 3.05) is 6.61 Å². The monoisotopic (exact) mass is 443 g/mol. The minimum atomic E-state index is -4.64. The molecule has 0 saturated heterocycles.